The smallest absolute Gasteiger partial charge is 0.191 e. The monoisotopic (exact) mass is 252 g/mol. The maximum atomic E-state index is 6.11. The van der Waals surface area contributed by atoms with Crippen LogP contribution >= 0.6 is 0 Å². The minimum atomic E-state index is 0.491. The standard InChI is InChI=1S/C14H28N4/c1-17-9-7-12(8-10-17)11-18(2)14(15)16-13-5-3-4-6-13/h12-13H,3-11H2,1-2H3,(H2,15,16). The minimum absolute atomic E-state index is 0.491. The lowest BCUT2D eigenvalue weighted by Crippen LogP contribution is -2.41. The second kappa shape index (κ2) is 6.41. The molecule has 0 atom stereocenters. The van der Waals surface area contributed by atoms with Gasteiger partial charge in [0.1, 0.15) is 0 Å². The maximum Gasteiger partial charge on any atom is 0.191 e. The molecule has 0 aromatic carbocycles. The molecule has 2 rings (SSSR count). The molecule has 2 N–H and O–H groups in total. The van der Waals surface area contributed by atoms with Crippen LogP contribution in [0.5, 0.6) is 0 Å². The number of likely N-dealkylation sites (tertiary alicyclic amines) is 1. The van der Waals surface area contributed by atoms with E-state index in [2.05, 4.69) is 28.9 Å². The number of rotatable bonds is 3. The highest BCUT2D eigenvalue weighted by atomic mass is 15.2. The second-order valence-corrected chi connectivity index (χ2v) is 6.05. The number of nitrogens with zero attached hydrogens (tertiary/aromatic N) is 3. The van der Waals surface area contributed by atoms with Crippen molar-refractivity contribution in [3.05, 3.63) is 0 Å². The summed E-state index contributed by atoms with van der Waals surface area (Å²) in [4.78, 5) is 9.24. The first-order valence-electron chi connectivity index (χ1n) is 7.38. The molecular weight excluding hydrogens is 224 g/mol. The lowest BCUT2D eigenvalue weighted by atomic mass is 9.97. The van der Waals surface area contributed by atoms with Crippen molar-refractivity contribution in [2.45, 2.75) is 44.6 Å². The molecule has 4 heteroatoms. The van der Waals surface area contributed by atoms with E-state index in [9.17, 15) is 0 Å². The van der Waals surface area contributed by atoms with Crippen LogP contribution in [0.3, 0.4) is 0 Å². The van der Waals surface area contributed by atoms with Crippen molar-refractivity contribution >= 4 is 5.96 Å². The molecule has 0 aromatic rings. The third kappa shape index (κ3) is 3.87. The minimum Gasteiger partial charge on any atom is -0.370 e. The summed E-state index contributed by atoms with van der Waals surface area (Å²) in [6.45, 7) is 3.51. The van der Waals surface area contributed by atoms with Crippen LogP contribution in [-0.2, 0) is 0 Å². The van der Waals surface area contributed by atoms with Gasteiger partial charge in [0.15, 0.2) is 5.96 Å². The topological polar surface area (TPSA) is 44.9 Å². The van der Waals surface area contributed by atoms with Gasteiger partial charge >= 0.3 is 0 Å². The normalized spacial score (nSPS) is 24.7. The predicted molar refractivity (Wildman–Crippen MR) is 76.7 cm³/mol. The average Bonchev–Trinajstić information content (AvgIpc) is 2.85. The van der Waals surface area contributed by atoms with Gasteiger partial charge in [-0.15, -0.1) is 0 Å². The molecule has 0 aromatic heterocycles. The van der Waals surface area contributed by atoms with Gasteiger partial charge in [-0.2, -0.15) is 0 Å². The molecule has 1 saturated heterocycles. The summed E-state index contributed by atoms with van der Waals surface area (Å²) in [5.74, 6) is 1.53. The Kier molecular flexibility index (Phi) is 4.87. The molecule has 0 radical (unpaired) electrons. The zero-order valence-corrected chi connectivity index (χ0v) is 11.9. The van der Waals surface area contributed by atoms with Gasteiger partial charge in [-0.1, -0.05) is 12.8 Å². The molecule has 2 fully saturated rings. The molecule has 18 heavy (non-hydrogen) atoms. The van der Waals surface area contributed by atoms with Crippen molar-refractivity contribution in [3.63, 3.8) is 0 Å². The number of hydrogen-bond donors (Lipinski definition) is 1. The number of aliphatic imine (C=N–C) groups is 1. The van der Waals surface area contributed by atoms with Crippen LogP contribution in [0.2, 0.25) is 0 Å². The summed E-state index contributed by atoms with van der Waals surface area (Å²) in [6.07, 6.45) is 7.67. The number of piperidine rings is 1. The quantitative estimate of drug-likeness (QED) is 0.612. The van der Waals surface area contributed by atoms with E-state index in [4.69, 9.17) is 5.73 Å². The van der Waals surface area contributed by atoms with E-state index < -0.39 is 0 Å². The molecule has 0 spiro atoms. The van der Waals surface area contributed by atoms with Gasteiger partial charge in [0, 0.05) is 13.6 Å². The summed E-state index contributed by atoms with van der Waals surface area (Å²) in [7, 11) is 4.29. The molecule has 0 amide bonds. The lowest BCUT2D eigenvalue weighted by molar-refractivity contribution is 0.199. The maximum absolute atomic E-state index is 6.11. The molecule has 1 saturated carbocycles. The predicted octanol–water partition coefficient (Wildman–Crippen LogP) is 1.52. The van der Waals surface area contributed by atoms with Gasteiger partial charge in [0.2, 0.25) is 0 Å². The second-order valence-electron chi connectivity index (χ2n) is 6.05. The number of guanidine groups is 1. The fourth-order valence-electron chi connectivity index (χ4n) is 3.04. The van der Waals surface area contributed by atoms with Crippen LogP contribution in [-0.4, -0.2) is 55.5 Å². The zero-order chi connectivity index (χ0) is 13.0. The summed E-state index contributed by atoms with van der Waals surface area (Å²) in [5.41, 5.74) is 6.11. The van der Waals surface area contributed by atoms with Crippen molar-refractivity contribution in [2.75, 3.05) is 33.7 Å². The van der Waals surface area contributed by atoms with Crippen molar-refractivity contribution < 1.29 is 0 Å². The van der Waals surface area contributed by atoms with Crippen LogP contribution in [0.15, 0.2) is 4.99 Å². The molecular formula is C14H28N4. The highest BCUT2D eigenvalue weighted by Crippen LogP contribution is 2.21. The van der Waals surface area contributed by atoms with Gasteiger partial charge in [-0.3, -0.25) is 0 Å². The first-order chi connectivity index (χ1) is 8.65. The van der Waals surface area contributed by atoms with Crippen LogP contribution in [0.4, 0.5) is 0 Å². The Morgan fingerprint density at radius 2 is 1.83 bits per heavy atom. The third-order valence-electron chi connectivity index (χ3n) is 4.40. The number of hydrogen-bond acceptors (Lipinski definition) is 2. The van der Waals surface area contributed by atoms with Crippen molar-refractivity contribution in [1.29, 1.82) is 0 Å². The van der Waals surface area contributed by atoms with E-state index in [1.54, 1.807) is 0 Å². The largest absolute Gasteiger partial charge is 0.370 e. The lowest BCUT2D eigenvalue weighted by Gasteiger charge is -2.32. The van der Waals surface area contributed by atoms with Crippen molar-refractivity contribution in [1.82, 2.24) is 9.80 Å². The molecule has 1 aliphatic heterocycles. The zero-order valence-electron chi connectivity index (χ0n) is 11.9. The fraction of sp³-hybridized carbons (Fsp3) is 0.929. The first-order valence-corrected chi connectivity index (χ1v) is 7.38. The Balaban J connectivity index is 1.77. The highest BCUT2D eigenvalue weighted by molar-refractivity contribution is 5.78. The fourth-order valence-corrected chi connectivity index (χ4v) is 3.04. The van der Waals surface area contributed by atoms with E-state index in [1.807, 2.05) is 0 Å². The van der Waals surface area contributed by atoms with E-state index >= 15 is 0 Å². The molecule has 104 valence electrons. The summed E-state index contributed by atoms with van der Waals surface area (Å²) >= 11 is 0. The molecule has 1 heterocycles. The Morgan fingerprint density at radius 1 is 1.22 bits per heavy atom. The van der Waals surface area contributed by atoms with E-state index in [-0.39, 0.29) is 0 Å². The summed E-state index contributed by atoms with van der Waals surface area (Å²) in [5, 5.41) is 0. The van der Waals surface area contributed by atoms with E-state index in [0.29, 0.717) is 6.04 Å². The van der Waals surface area contributed by atoms with Crippen LogP contribution < -0.4 is 5.73 Å². The van der Waals surface area contributed by atoms with Gasteiger partial charge in [0.25, 0.3) is 0 Å². The van der Waals surface area contributed by atoms with Gasteiger partial charge in [-0.25, -0.2) is 4.99 Å². The molecule has 1 aliphatic carbocycles. The molecule has 0 bridgehead atoms. The van der Waals surface area contributed by atoms with Gasteiger partial charge < -0.3 is 15.5 Å². The Bertz CT molecular complexity index is 276. The van der Waals surface area contributed by atoms with E-state index in [1.165, 1.54) is 51.6 Å². The molecule has 4 nitrogen and oxygen atoms in total. The van der Waals surface area contributed by atoms with Crippen LogP contribution in [0, 0.1) is 5.92 Å². The Hall–Kier alpha value is -0.770. The highest BCUT2D eigenvalue weighted by Gasteiger charge is 2.20. The Morgan fingerprint density at radius 3 is 2.44 bits per heavy atom. The first kappa shape index (κ1) is 13.7. The van der Waals surface area contributed by atoms with Crippen LogP contribution in [0.25, 0.3) is 0 Å². The van der Waals surface area contributed by atoms with Gasteiger partial charge in [-0.05, 0) is 51.7 Å². The molecule has 0 unspecified atom stereocenters. The van der Waals surface area contributed by atoms with E-state index in [0.717, 1.165) is 18.4 Å². The SMILES string of the molecule is CN1CCC(CN(C)C(N)=NC2CCCC2)CC1. The third-order valence-corrected chi connectivity index (χ3v) is 4.40. The van der Waals surface area contributed by atoms with Gasteiger partial charge in [0.05, 0.1) is 6.04 Å². The van der Waals surface area contributed by atoms with Crippen molar-refractivity contribution in [3.8, 4) is 0 Å². The summed E-state index contributed by atoms with van der Waals surface area (Å²) in [6, 6.07) is 0.491. The number of nitrogens with two attached hydrogens (primary N) is 1. The van der Waals surface area contributed by atoms with Crippen molar-refractivity contribution in [2.24, 2.45) is 16.6 Å². The summed E-state index contributed by atoms with van der Waals surface area (Å²) < 4.78 is 0. The Labute approximate surface area is 111 Å². The average molecular weight is 252 g/mol. The molecule has 2 aliphatic rings. The van der Waals surface area contributed by atoms with Crippen LogP contribution in [0.1, 0.15) is 38.5 Å².